The lowest BCUT2D eigenvalue weighted by Crippen LogP contribution is -2.68. The second-order valence-electron chi connectivity index (χ2n) is 16.3. The van der Waals surface area contributed by atoms with Crippen LogP contribution in [0.4, 0.5) is 4.79 Å². The van der Waals surface area contributed by atoms with E-state index in [4.69, 9.17) is 24.3 Å². The molecule has 1 amide bonds. The minimum atomic E-state index is -5.23. The Kier molecular flexibility index (Phi) is 20.9. The van der Waals surface area contributed by atoms with Gasteiger partial charge in [0.1, 0.15) is 11.7 Å². The fourth-order valence-corrected chi connectivity index (χ4v) is 7.18. The van der Waals surface area contributed by atoms with Crippen LogP contribution in [0.1, 0.15) is 132 Å². The maximum absolute atomic E-state index is 12.6. The van der Waals surface area contributed by atoms with Crippen LogP contribution in [0.2, 0.25) is 0 Å². The summed E-state index contributed by atoms with van der Waals surface area (Å²) in [6, 6.07) is 0. The largest absolute Gasteiger partial charge is 0.479 e. The van der Waals surface area contributed by atoms with Crippen LogP contribution < -0.4 is 5.73 Å². The number of ether oxygens (including phenoxy) is 3. The quantitative estimate of drug-likeness (QED) is 0.0400. The highest BCUT2D eigenvalue weighted by atomic mass is 31.2. The molecular weight excluding hydrogens is 701 g/mol. The number of aliphatic hydroxyl groups excluding tert-OH is 1. The van der Waals surface area contributed by atoms with Crippen LogP contribution in [-0.4, -0.2) is 92.9 Å². The Balaban J connectivity index is 2.46. The molecule has 0 bridgehead atoms. The van der Waals surface area contributed by atoms with E-state index in [9.17, 15) is 44.3 Å². The molecule has 0 aromatic rings. The highest BCUT2D eigenvalue weighted by molar-refractivity contribution is 7.47. The van der Waals surface area contributed by atoms with Gasteiger partial charge in [0.25, 0.3) is 0 Å². The first-order valence-corrected chi connectivity index (χ1v) is 20.2. The number of carboxylic acids is 2. The van der Waals surface area contributed by atoms with Gasteiger partial charge in [-0.3, -0.25) is 9.05 Å². The van der Waals surface area contributed by atoms with Crippen LogP contribution in [0.25, 0.3) is 0 Å². The number of amides is 1. The molecule has 7 N–H and O–H groups in total. The van der Waals surface area contributed by atoms with E-state index in [0.717, 1.165) is 50.4 Å². The molecule has 0 aromatic heterocycles. The fourth-order valence-electron chi connectivity index (χ4n) is 6.36. The number of aliphatic hydroxyl groups is 2. The summed E-state index contributed by atoms with van der Waals surface area (Å²) < 4.78 is 37.2. The average molecular weight is 770 g/mol. The van der Waals surface area contributed by atoms with E-state index in [1.807, 2.05) is 0 Å². The number of carbonyl (C=O) groups excluding carboxylic acids is 1. The third-order valence-electron chi connectivity index (χ3n) is 10.0. The molecule has 0 aliphatic carbocycles. The van der Waals surface area contributed by atoms with Gasteiger partial charge in [0.05, 0.1) is 6.61 Å². The van der Waals surface area contributed by atoms with Gasteiger partial charge in [-0.15, -0.1) is 0 Å². The topological polar surface area (TPSA) is 242 Å². The molecule has 306 valence electrons. The third kappa shape index (κ3) is 18.5. The zero-order valence-electron chi connectivity index (χ0n) is 32.5. The zero-order chi connectivity index (χ0) is 39.9. The third-order valence-corrected chi connectivity index (χ3v) is 11.0. The SMILES string of the molecule is CC(C)CCCC(C)CCC(C)CCC(C)(C)CCCCC(C)CCO[C@@H](COP(=O)(O)O[C@H]1O[C@H](C(=O)O)[C@@](C)(O)[C@H](OC(N)=O)[C@H]1O)C(=O)O. The van der Waals surface area contributed by atoms with Crippen LogP contribution in [0.5, 0.6) is 0 Å². The summed E-state index contributed by atoms with van der Waals surface area (Å²) in [7, 11) is -5.23. The van der Waals surface area contributed by atoms with Crippen molar-refractivity contribution in [2.24, 2.45) is 34.8 Å². The highest BCUT2D eigenvalue weighted by Crippen LogP contribution is 2.48. The summed E-state index contributed by atoms with van der Waals surface area (Å²) in [6.07, 6.45) is 1.90. The van der Waals surface area contributed by atoms with Gasteiger partial charge in [-0.1, -0.05) is 106 Å². The zero-order valence-corrected chi connectivity index (χ0v) is 33.4. The first-order chi connectivity index (χ1) is 24.0. The standard InChI is InChI=1S/C36H68NO14P/c1-23(2)12-11-14-24(3)15-16-26(5)17-20-35(6,7)19-10-9-13-25(4)18-21-47-27(31(39)40)22-48-52(45,46)51-33-28(38)29(50-34(37)43)36(8,44)30(49-33)32(41)42/h23-30,33,38,44H,9-22H2,1-8H3,(H2,37,43)(H,39,40)(H,41,42)(H,45,46)/t24?,25?,26?,27-,28+,29+,30+,33+,36-/m0/s1. The number of rotatable bonds is 27. The number of carbonyl (C=O) groups is 3. The van der Waals surface area contributed by atoms with Crippen molar-refractivity contribution < 1.29 is 67.5 Å². The molecule has 10 atom stereocenters. The molecule has 1 heterocycles. The second-order valence-corrected chi connectivity index (χ2v) is 17.7. The van der Waals surface area contributed by atoms with Crippen LogP contribution in [0.3, 0.4) is 0 Å². The van der Waals surface area contributed by atoms with Crippen molar-refractivity contribution in [1.82, 2.24) is 0 Å². The van der Waals surface area contributed by atoms with E-state index in [-0.39, 0.29) is 17.9 Å². The van der Waals surface area contributed by atoms with Gasteiger partial charge in [-0.2, -0.15) is 0 Å². The van der Waals surface area contributed by atoms with E-state index in [1.54, 1.807) is 0 Å². The summed E-state index contributed by atoms with van der Waals surface area (Å²) in [5.41, 5.74) is 2.69. The molecule has 4 unspecified atom stereocenters. The number of hydrogen-bond acceptors (Lipinski definition) is 11. The van der Waals surface area contributed by atoms with E-state index >= 15 is 0 Å². The van der Waals surface area contributed by atoms with E-state index in [0.29, 0.717) is 6.42 Å². The lowest BCUT2D eigenvalue weighted by molar-refractivity contribution is -0.301. The Hall–Kier alpha value is -1.84. The number of phosphoric ester groups is 1. The maximum atomic E-state index is 12.6. The monoisotopic (exact) mass is 769 g/mol. The van der Waals surface area contributed by atoms with Gasteiger partial charge in [0.15, 0.2) is 24.6 Å². The number of primary amides is 1. The predicted molar refractivity (Wildman–Crippen MR) is 193 cm³/mol. The summed E-state index contributed by atoms with van der Waals surface area (Å²) in [5, 5.41) is 40.0. The molecule has 1 aliphatic heterocycles. The number of unbranched alkanes of at least 4 members (excludes halogenated alkanes) is 1. The Labute approximate surface area is 309 Å². The second kappa shape index (κ2) is 22.5. The predicted octanol–water partition coefficient (Wildman–Crippen LogP) is 6.25. The van der Waals surface area contributed by atoms with Gasteiger partial charge >= 0.3 is 25.9 Å². The fraction of sp³-hybridized carbons (Fsp3) is 0.917. The lowest BCUT2D eigenvalue weighted by Gasteiger charge is -2.45. The van der Waals surface area contributed by atoms with Crippen molar-refractivity contribution in [3.63, 3.8) is 0 Å². The number of nitrogens with two attached hydrogens (primary N) is 1. The summed E-state index contributed by atoms with van der Waals surface area (Å²) in [6.45, 7) is 16.1. The van der Waals surface area contributed by atoms with Crippen molar-refractivity contribution >= 4 is 25.9 Å². The van der Waals surface area contributed by atoms with Gasteiger partial charge in [0.2, 0.25) is 0 Å². The molecule has 0 spiro atoms. The van der Waals surface area contributed by atoms with E-state index < -0.39 is 68.8 Å². The van der Waals surface area contributed by atoms with Crippen LogP contribution >= 0.6 is 7.82 Å². The minimum absolute atomic E-state index is 0.0454. The van der Waals surface area contributed by atoms with Gasteiger partial charge < -0.3 is 45.3 Å². The van der Waals surface area contributed by atoms with E-state index in [2.05, 4.69) is 53.2 Å². The number of phosphoric acid groups is 1. The Bertz CT molecular complexity index is 1130. The number of hydrogen-bond donors (Lipinski definition) is 6. The molecular formula is C36H68NO14P. The smallest absolute Gasteiger partial charge is 0.474 e. The molecule has 1 saturated heterocycles. The summed E-state index contributed by atoms with van der Waals surface area (Å²) >= 11 is 0. The normalized spacial score (nSPS) is 25.9. The average Bonchev–Trinajstić information content (AvgIpc) is 3.01. The molecule has 1 aliphatic rings. The lowest BCUT2D eigenvalue weighted by atomic mass is 9.79. The first-order valence-electron chi connectivity index (χ1n) is 18.7. The number of carboxylic acid groups (broad SMARTS) is 2. The Morgan fingerprint density at radius 1 is 0.885 bits per heavy atom. The molecule has 0 saturated carbocycles. The van der Waals surface area contributed by atoms with Crippen molar-refractivity contribution in [3.8, 4) is 0 Å². The Morgan fingerprint density at radius 2 is 1.46 bits per heavy atom. The van der Waals surface area contributed by atoms with E-state index in [1.165, 1.54) is 44.9 Å². The molecule has 15 nitrogen and oxygen atoms in total. The molecule has 0 radical (unpaired) electrons. The highest BCUT2D eigenvalue weighted by Gasteiger charge is 2.59. The Morgan fingerprint density at radius 3 is 2.02 bits per heavy atom. The minimum Gasteiger partial charge on any atom is -0.479 e. The van der Waals surface area contributed by atoms with Crippen molar-refractivity contribution in [3.05, 3.63) is 0 Å². The molecule has 1 fully saturated rings. The van der Waals surface area contributed by atoms with Crippen molar-refractivity contribution in [1.29, 1.82) is 0 Å². The van der Waals surface area contributed by atoms with Crippen LogP contribution in [-0.2, 0) is 37.4 Å². The number of aliphatic carboxylic acids is 2. The molecule has 0 aromatic carbocycles. The van der Waals surface area contributed by atoms with Gasteiger partial charge in [-0.25, -0.2) is 18.9 Å². The van der Waals surface area contributed by atoms with Crippen LogP contribution in [0.15, 0.2) is 0 Å². The van der Waals surface area contributed by atoms with Crippen molar-refractivity contribution in [2.75, 3.05) is 13.2 Å². The van der Waals surface area contributed by atoms with Gasteiger partial charge in [0, 0.05) is 6.61 Å². The molecule has 16 heteroatoms. The molecule has 52 heavy (non-hydrogen) atoms. The summed E-state index contributed by atoms with van der Waals surface area (Å²) in [5.74, 6) is -0.702. The first kappa shape index (κ1) is 48.2. The van der Waals surface area contributed by atoms with Crippen LogP contribution in [0, 0.1) is 29.1 Å². The summed E-state index contributed by atoms with van der Waals surface area (Å²) in [4.78, 5) is 44.9. The van der Waals surface area contributed by atoms with Crippen molar-refractivity contribution in [2.45, 2.75) is 169 Å². The molecule has 1 rings (SSSR count). The van der Waals surface area contributed by atoms with Gasteiger partial charge in [-0.05, 0) is 55.3 Å². The maximum Gasteiger partial charge on any atom is 0.474 e.